The fourth-order valence-corrected chi connectivity index (χ4v) is 6.10. The lowest BCUT2D eigenvalue weighted by Crippen LogP contribution is -2.34. The number of nitrogens with two attached hydrogens (primary N) is 1. The number of ether oxygens (including phenoxy) is 1. The van der Waals surface area contributed by atoms with Crippen LogP contribution in [0.1, 0.15) is 36.9 Å². The molecule has 2 aromatic carbocycles. The van der Waals surface area contributed by atoms with Crippen molar-refractivity contribution < 1.29 is 17.9 Å². The Hall–Kier alpha value is -3.11. The number of carbonyl (C=O) groups is 1. The number of carbonyl (C=O) groups excluding carboxylic acids is 1. The van der Waals surface area contributed by atoms with Gasteiger partial charge < -0.3 is 15.4 Å². The van der Waals surface area contributed by atoms with Crippen molar-refractivity contribution in [3.63, 3.8) is 0 Å². The highest BCUT2D eigenvalue weighted by molar-refractivity contribution is 7.92. The molecule has 0 radical (unpaired) electrons. The van der Waals surface area contributed by atoms with Gasteiger partial charge in [0.25, 0.3) is 10.0 Å². The molecule has 0 atom stereocenters. The van der Waals surface area contributed by atoms with Gasteiger partial charge in [0.15, 0.2) is 5.13 Å². The van der Waals surface area contributed by atoms with Crippen LogP contribution in [-0.4, -0.2) is 37.5 Å². The number of aromatic nitrogens is 1. The van der Waals surface area contributed by atoms with Gasteiger partial charge in [0, 0.05) is 18.8 Å². The lowest BCUT2D eigenvalue weighted by atomic mass is 10.1. The van der Waals surface area contributed by atoms with E-state index in [4.69, 9.17) is 10.5 Å². The van der Waals surface area contributed by atoms with Gasteiger partial charge in [-0.3, -0.25) is 4.72 Å². The lowest BCUT2D eigenvalue weighted by molar-refractivity contribution is 0.154. The normalized spacial score (nSPS) is 14.5. The van der Waals surface area contributed by atoms with E-state index in [1.807, 2.05) is 13.0 Å². The number of likely N-dealkylation sites (tertiary alicyclic amines) is 1. The van der Waals surface area contributed by atoms with Crippen LogP contribution in [0.4, 0.5) is 15.6 Å². The maximum Gasteiger partial charge on any atom is 0.415 e. The van der Waals surface area contributed by atoms with Crippen molar-refractivity contribution in [2.75, 3.05) is 23.5 Å². The molecule has 0 saturated carbocycles. The third kappa shape index (κ3) is 5.51. The molecule has 2 heterocycles. The van der Waals surface area contributed by atoms with Gasteiger partial charge in [0.1, 0.15) is 5.75 Å². The summed E-state index contributed by atoms with van der Waals surface area (Å²) < 4.78 is 34.4. The molecule has 1 aromatic heterocycles. The summed E-state index contributed by atoms with van der Waals surface area (Å²) in [7, 11) is -3.85. The molecule has 1 saturated heterocycles. The zero-order valence-electron chi connectivity index (χ0n) is 19.2. The van der Waals surface area contributed by atoms with E-state index in [-0.39, 0.29) is 11.0 Å². The predicted octanol–water partition coefficient (Wildman–Crippen LogP) is 5.18. The molecule has 1 amide bonds. The topological polar surface area (TPSA) is 115 Å². The van der Waals surface area contributed by atoms with Crippen LogP contribution in [0.3, 0.4) is 0 Å². The first-order chi connectivity index (χ1) is 16.2. The molecule has 0 aliphatic carbocycles. The summed E-state index contributed by atoms with van der Waals surface area (Å²) >= 11 is 1.32. The fraction of sp³-hybridized carbons (Fsp3) is 0.333. The predicted molar refractivity (Wildman–Crippen MR) is 135 cm³/mol. The average Bonchev–Trinajstić information content (AvgIpc) is 2.98. The van der Waals surface area contributed by atoms with E-state index >= 15 is 0 Å². The van der Waals surface area contributed by atoms with Gasteiger partial charge in [0.05, 0.1) is 15.5 Å². The number of hydrogen-bond donors (Lipinski definition) is 2. The van der Waals surface area contributed by atoms with Crippen LogP contribution in [0, 0.1) is 13.8 Å². The maximum absolute atomic E-state index is 13.2. The van der Waals surface area contributed by atoms with Crippen molar-refractivity contribution in [3.8, 4) is 16.2 Å². The van der Waals surface area contributed by atoms with Gasteiger partial charge in [-0.25, -0.2) is 18.2 Å². The van der Waals surface area contributed by atoms with Crippen molar-refractivity contribution in [2.45, 2.75) is 44.4 Å². The number of sulfonamides is 1. The van der Waals surface area contributed by atoms with Crippen LogP contribution in [0.5, 0.6) is 5.75 Å². The molecule has 0 bridgehead atoms. The van der Waals surface area contributed by atoms with Gasteiger partial charge in [-0.1, -0.05) is 36.3 Å². The largest absolute Gasteiger partial charge is 0.415 e. The number of amides is 1. The quantitative estimate of drug-likeness (QED) is 0.499. The monoisotopic (exact) mass is 500 g/mol. The van der Waals surface area contributed by atoms with Gasteiger partial charge in [-0.2, -0.15) is 0 Å². The summed E-state index contributed by atoms with van der Waals surface area (Å²) in [5.41, 5.74) is 8.30. The number of hydrogen-bond acceptors (Lipinski definition) is 7. The van der Waals surface area contributed by atoms with Gasteiger partial charge in [0.2, 0.25) is 0 Å². The number of aryl methyl sites for hydroxylation is 2. The van der Waals surface area contributed by atoms with Gasteiger partial charge in [-0.05, 0) is 68.1 Å². The molecule has 10 heteroatoms. The summed E-state index contributed by atoms with van der Waals surface area (Å²) in [6.07, 6.45) is 3.83. The molecular formula is C24H28N4O4S2. The van der Waals surface area contributed by atoms with Crippen molar-refractivity contribution >= 4 is 38.3 Å². The summed E-state index contributed by atoms with van der Waals surface area (Å²) in [6.45, 7) is 4.98. The van der Waals surface area contributed by atoms with Gasteiger partial charge >= 0.3 is 6.09 Å². The lowest BCUT2D eigenvalue weighted by Gasteiger charge is -2.19. The Morgan fingerprint density at radius 2 is 1.74 bits per heavy atom. The molecule has 0 unspecified atom stereocenters. The Bertz CT molecular complexity index is 1280. The first kappa shape index (κ1) is 24.0. The minimum atomic E-state index is -3.85. The smallest absolute Gasteiger partial charge is 0.410 e. The van der Waals surface area contributed by atoms with Crippen molar-refractivity contribution in [3.05, 3.63) is 53.7 Å². The van der Waals surface area contributed by atoms with E-state index in [0.29, 0.717) is 35.2 Å². The van der Waals surface area contributed by atoms with Crippen LogP contribution in [0.25, 0.3) is 10.4 Å². The number of nitrogens with zero attached hydrogens (tertiary/aromatic N) is 2. The number of nitrogen functional groups attached to an aromatic ring is 1. The molecule has 3 aromatic rings. The SMILES string of the molecule is Cc1ccc(-c2sc(N)nc2C)cc1S(=O)(=O)Nc1ccc(OC(=O)N2CCCCCC2)cc1. The summed E-state index contributed by atoms with van der Waals surface area (Å²) in [4.78, 5) is 19.4. The number of rotatable bonds is 5. The van der Waals surface area contributed by atoms with E-state index < -0.39 is 10.0 Å². The molecule has 1 aliphatic rings. The number of nitrogens with one attached hydrogen (secondary N) is 1. The molecule has 8 nitrogen and oxygen atoms in total. The minimum Gasteiger partial charge on any atom is -0.410 e. The Balaban J connectivity index is 1.48. The highest BCUT2D eigenvalue weighted by atomic mass is 32.2. The highest BCUT2D eigenvalue weighted by Crippen LogP contribution is 2.34. The second-order valence-corrected chi connectivity index (χ2v) is 11.0. The Morgan fingerprint density at radius 1 is 1.06 bits per heavy atom. The van der Waals surface area contributed by atoms with Crippen molar-refractivity contribution in [2.24, 2.45) is 0 Å². The van der Waals surface area contributed by atoms with E-state index in [0.717, 1.165) is 41.8 Å². The molecule has 3 N–H and O–H groups in total. The standard InChI is InChI=1S/C24H28N4O4S2/c1-16-7-8-18(22-17(2)26-23(25)33-22)15-21(16)34(30,31)27-19-9-11-20(12-10-19)32-24(29)28-13-5-3-4-6-14-28/h7-12,15,27H,3-6,13-14H2,1-2H3,(H2,25,26). The molecule has 180 valence electrons. The molecule has 34 heavy (non-hydrogen) atoms. The summed E-state index contributed by atoms with van der Waals surface area (Å²) in [5.74, 6) is 0.369. The second kappa shape index (κ2) is 10.0. The second-order valence-electron chi connectivity index (χ2n) is 8.35. The highest BCUT2D eigenvalue weighted by Gasteiger charge is 2.20. The maximum atomic E-state index is 13.2. The molecule has 0 spiro atoms. The molecule has 4 rings (SSSR count). The van der Waals surface area contributed by atoms with Crippen LogP contribution in [-0.2, 0) is 10.0 Å². The van der Waals surface area contributed by atoms with E-state index in [2.05, 4.69) is 9.71 Å². The summed E-state index contributed by atoms with van der Waals surface area (Å²) in [5, 5.41) is 0.437. The molecule has 1 fully saturated rings. The Labute approximate surface area is 203 Å². The fourth-order valence-electron chi connectivity index (χ4n) is 3.94. The van der Waals surface area contributed by atoms with Crippen LogP contribution in [0.2, 0.25) is 0 Å². The molecular weight excluding hydrogens is 472 g/mol. The third-order valence-corrected chi connectivity index (χ3v) is 8.29. The number of anilines is 2. The zero-order valence-corrected chi connectivity index (χ0v) is 20.8. The first-order valence-corrected chi connectivity index (χ1v) is 13.5. The van der Waals surface area contributed by atoms with Crippen LogP contribution >= 0.6 is 11.3 Å². The minimum absolute atomic E-state index is 0.174. The van der Waals surface area contributed by atoms with E-state index in [1.54, 1.807) is 48.2 Å². The molecule has 1 aliphatic heterocycles. The van der Waals surface area contributed by atoms with Crippen LogP contribution in [0.15, 0.2) is 47.4 Å². The van der Waals surface area contributed by atoms with E-state index in [9.17, 15) is 13.2 Å². The van der Waals surface area contributed by atoms with Crippen molar-refractivity contribution in [1.82, 2.24) is 9.88 Å². The van der Waals surface area contributed by atoms with Gasteiger partial charge in [-0.15, -0.1) is 0 Å². The number of thiazole rings is 1. The van der Waals surface area contributed by atoms with Crippen molar-refractivity contribution in [1.29, 1.82) is 0 Å². The zero-order chi connectivity index (χ0) is 24.3. The summed E-state index contributed by atoms with van der Waals surface area (Å²) in [6, 6.07) is 11.6. The van der Waals surface area contributed by atoms with Crippen LogP contribution < -0.4 is 15.2 Å². The first-order valence-electron chi connectivity index (χ1n) is 11.2. The number of benzene rings is 2. The van der Waals surface area contributed by atoms with E-state index in [1.165, 1.54) is 11.3 Å². The third-order valence-electron chi connectivity index (χ3n) is 5.73. The Morgan fingerprint density at radius 3 is 2.35 bits per heavy atom. The average molecular weight is 501 g/mol. The Kier molecular flexibility index (Phi) is 7.08.